The van der Waals surface area contributed by atoms with E-state index in [1.165, 1.54) is 0 Å². The normalized spacial score (nSPS) is 10.6. The highest BCUT2D eigenvalue weighted by Gasteiger charge is 2.04. The molecule has 0 saturated carbocycles. The Kier molecular flexibility index (Phi) is 3.00. The van der Waals surface area contributed by atoms with Gasteiger partial charge in [0.2, 0.25) is 0 Å². The predicted molar refractivity (Wildman–Crippen MR) is 61.7 cm³/mol. The van der Waals surface area contributed by atoms with Gasteiger partial charge < -0.3 is 9.67 Å². The van der Waals surface area contributed by atoms with Crippen LogP contribution in [0.5, 0.6) is 0 Å². The molecule has 0 atom stereocenters. The lowest BCUT2D eigenvalue weighted by Crippen LogP contribution is -1.98. The average Bonchev–Trinajstić information content (AvgIpc) is 2.63. The van der Waals surface area contributed by atoms with Crippen molar-refractivity contribution in [2.75, 3.05) is 0 Å². The highest BCUT2D eigenvalue weighted by Crippen LogP contribution is 2.23. The van der Waals surface area contributed by atoms with Gasteiger partial charge in [-0.25, -0.2) is 0 Å². The summed E-state index contributed by atoms with van der Waals surface area (Å²) in [4.78, 5) is 0. The number of halogens is 2. The van der Waals surface area contributed by atoms with Crippen LogP contribution in [0.25, 0.3) is 5.69 Å². The van der Waals surface area contributed by atoms with E-state index in [-0.39, 0.29) is 6.61 Å². The first-order chi connectivity index (χ1) is 7.20. The van der Waals surface area contributed by atoms with Crippen molar-refractivity contribution in [2.24, 2.45) is 0 Å². The fourth-order valence-corrected chi connectivity index (χ4v) is 1.99. The molecule has 0 aliphatic heterocycles. The Labute approximate surface area is 97.7 Å². The standard InChI is InChI=1S/C11H9Cl2NO/c12-8-4-9(13)6-11(5-8)14-3-1-2-10(14)7-15/h1-6,15H,7H2. The highest BCUT2D eigenvalue weighted by molar-refractivity contribution is 6.34. The van der Waals surface area contributed by atoms with Crippen molar-refractivity contribution >= 4 is 23.2 Å². The molecule has 1 N–H and O–H groups in total. The second kappa shape index (κ2) is 4.27. The quantitative estimate of drug-likeness (QED) is 0.858. The molecule has 0 amide bonds. The maximum atomic E-state index is 9.12. The van der Waals surface area contributed by atoms with Gasteiger partial charge in [-0.1, -0.05) is 23.2 Å². The predicted octanol–water partition coefficient (Wildman–Crippen LogP) is 3.28. The Morgan fingerprint density at radius 2 is 1.80 bits per heavy atom. The summed E-state index contributed by atoms with van der Waals surface area (Å²) in [5.74, 6) is 0. The van der Waals surface area contributed by atoms with E-state index >= 15 is 0 Å². The molecule has 78 valence electrons. The van der Waals surface area contributed by atoms with E-state index in [2.05, 4.69) is 0 Å². The van der Waals surface area contributed by atoms with Gasteiger partial charge in [-0.05, 0) is 30.3 Å². The number of benzene rings is 1. The van der Waals surface area contributed by atoms with Crippen molar-refractivity contribution in [3.8, 4) is 5.69 Å². The fourth-order valence-electron chi connectivity index (χ4n) is 1.48. The summed E-state index contributed by atoms with van der Waals surface area (Å²) in [7, 11) is 0. The minimum absolute atomic E-state index is 0.0167. The smallest absolute Gasteiger partial charge is 0.0836 e. The summed E-state index contributed by atoms with van der Waals surface area (Å²) in [5.41, 5.74) is 1.65. The molecule has 4 heteroatoms. The summed E-state index contributed by atoms with van der Waals surface area (Å²) >= 11 is 11.8. The molecule has 0 aliphatic carbocycles. The van der Waals surface area contributed by atoms with Crippen molar-refractivity contribution in [3.05, 3.63) is 52.3 Å². The van der Waals surface area contributed by atoms with Crippen LogP contribution in [0, 0.1) is 0 Å². The number of nitrogens with zero attached hydrogens (tertiary/aromatic N) is 1. The molecular formula is C11H9Cl2NO. The lowest BCUT2D eigenvalue weighted by molar-refractivity contribution is 0.274. The van der Waals surface area contributed by atoms with Crippen LogP contribution in [0.2, 0.25) is 10.0 Å². The van der Waals surface area contributed by atoms with Crippen LogP contribution < -0.4 is 0 Å². The molecule has 0 radical (unpaired) electrons. The molecule has 0 spiro atoms. The minimum Gasteiger partial charge on any atom is -0.390 e. The van der Waals surface area contributed by atoms with Crippen LogP contribution in [0.4, 0.5) is 0 Å². The molecule has 2 aromatic rings. The van der Waals surface area contributed by atoms with E-state index in [4.69, 9.17) is 28.3 Å². The number of aliphatic hydroxyl groups is 1. The van der Waals surface area contributed by atoms with Crippen LogP contribution in [-0.2, 0) is 6.61 Å². The van der Waals surface area contributed by atoms with Crippen molar-refractivity contribution in [1.29, 1.82) is 0 Å². The third kappa shape index (κ3) is 2.17. The molecule has 1 aromatic carbocycles. The zero-order chi connectivity index (χ0) is 10.8. The Hall–Kier alpha value is -0.960. The van der Waals surface area contributed by atoms with Crippen LogP contribution in [-0.4, -0.2) is 9.67 Å². The molecule has 0 unspecified atom stereocenters. The van der Waals surface area contributed by atoms with Gasteiger partial charge in [-0.15, -0.1) is 0 Å². The first kappa shape index (κ1) is 10.6. The number of aromatic nitrogens is 1. The Balaban J connectivity index is 2.53. The van der Waals surface area contributed by atoms with E-state index < -0.39 is 0 Å². The second-order valence-electron chi connectivity index (χ2n) is 3.16. The fraction of sp³-hybridized carbons (Fsp3) is 0.0909. The summed E-state index contributed by atoms with van der Waals surface area (Å²) in [6.45, 7) is -0.0167. The Morgan fingerprint density at radius 3 is 2.40 bits per heavy atom. The van der Waals surface area contributed by atoms with Crippen LogP contribution in [0.1, 0.15) is 5.69 Å². The molecule has 0 aliphatic rings. The second-order valence-corrected chi connectivity index (χ2v) is 4.03. The molecule has 15 heavy (non-hydrogen) atoms. The van der Waals surface area contributed by atoms with Crippen molar-refractivity contribution < 1.29 is 5.11 Å². The van der Waals surface area contributed by atoms with Crippen LogP contribution in [0.3, 0.4) is 0 Å². The Bertz CT molecular complexity index is 459. The lowest BCUT2D eigenvalue weighted by atomic mass is 10.3. The summed E-state index contributed by atoms with van der Waals surface area (Å²) < 4.78 is 1.84. The third-order valence-corrected chi connectivity index (χ3v) is 2.56. The number of hydrogen-bond donors (Lipinski definition) is 1. The van der Waals surface area contributed by atoms with E-state index in [0.29, 0.717) is 10.0 Å². The van der Waals surface area contributed by atoms with Gasteiger partial charge in [0.1, 0.15) is 0 Å². The maximum Gasteiger partial charge on any atom is 0.0836 e. The van der Waals surface area contributed by atoms with Crippen molar-refractivity contribution in [1.82, 2.24) is 4.57 Å². The molecule has 0 fully saturated rings. The average molecular weight is 242 g/mol. The summed E-state index contributed by atoms with van der Waals surface area (Å²) in [6.07, 6.45) is 1.85. The molecule has 1 heterocycles. The van der Waals surface area contributed by atoms with Crippen molar-refractivity contribution in [3.63, 3.8) is 0 Å². The summed E-state index contributed by atoms with van der Waals surface area (Å²) in [5, 5.41) is 10.3. The monoisotopic (exact) mass is 241 g/mol. The Morgan fingerprint density at radius 1 is 1.13 bits per heavy atom. The largest absolute Gasteiger partial charge is 0.390 e. The topological polar surface area (TPSA) is 25.2 Å². The SMILES string of the molecule is OCc1cccn1-c1cc(Cl)cc(Cl)c1. The van der Waals surface area contributed by atoms with E-state index in [9.17, 15) is 0 Å². The maximum absolute atomic E-state index is 9.12. The first-order valence-electron chi connectivity index (χ1n) is 4.44. The van der Waals surface area contributed by atoms with Gasteiger partial charge in [0.05, 0.1) is 6.61 Å². The van der Waals surface area contributed by atoms with Gasteiger partial charge in [-0.3, -0.25) is 0 Å². The van der Waals surface area contributed by atoms with Gasteiger partial charge >= 0.3 is 0 Å². The molecule has 2 nitrogen and oxygen atoms in total. The third-order valence-electron chi connectivity index (χ3n) is 2.12. The number of aliphatic hydroxyl groups excluding tert-OH is 1. The minimum atomic E-state index is -0.0167. The lowest BCUT2D eigenvalue weighted by Gasteiger charge is -2.08. The van der Waals surface area contributed by atoms with Crippen LogP contribution >= 0.6 is 23.2 Å². The zero-order valence-electron chi connectivity index (χ0n) is 7.82. The molecular weight excluding hydrogens is 233 g/mol. The first-order valence-corrected chi connectivity index (χ1v) is 5.20. The van der Waals surface area contributed by atoms with E-state index in [0.717, 1.165) is 11.4 Å². The summed E-state index contributed by atoms with van der Waals surface area (Å²) in [6, 6.07) is 8.98. The molecule has 2 rings (SSSR count). The van der Waals surface area contributed by atoms with Gasteiger partial charge in [0.15, 0.2) is 0 Å². The zero-order valence-corrected chi connectivity index (χ0v) is 9.33. The molecule has 1 aromatic heterocycles. The molecule has 0 bridgehead atoms. The van der Waals surface area contributed by atoms with E-state index in [1.807, 2.05) is 22.9 Å². The van der Waals surface area contributed by atoms with Crippen molar-refractivity contribution in [2.45, 2.75) is 6.61 Å². The van der Waals surface area contributed by atoms with E-state index in [1.54, 1.807) is 18.2 Å². The number of hydrogen-bond acceptors (Lipinski definition) is 1. The van der Waals surface area contributed by atoms with Gasteiger partial charge in [0.25, 0.3) is 0 Å². The highest BCUT2D eigenvalue weighted by atomic mass is 35.5. The number of rotatable bonds is 2. The van der Waals surface area contributed by atoms with Crippen LogP contribution in [0.15, 0.2) is 36.5 Å². The molecule has 0 saturated heterocycles. The van der Waals surface area contributed by atoms with Gasteiger partial charge in [0, 0.05) is 27.6 Å². The van der Waals surface area contributed by atoms with Gasteiger partial charge in [-0.2, -0.15) is 0 Å².